The third-order valence-corrected chi connectivity index (χ3v) is 7.71. The standard InChI is InChI=1S/C21H22Cl2N2O5S/c1-29-16-12-15(13-17(14-16)30-2)6-7-20(26)24-8-10-25(11-9-24)31(27,28)21-18(22)4-3-5-19(21)23/h3-7,12-14H,8-11H2,1-2H3/b7-6+. The molecule has 1 amide bonds. The number of carbonyl (C=O) groups excluding carboxylic acids is 1. The smallest absolute Gasteiger partial charge is 0.246 e. The Balaban J connectivity index is 1.67. The zero-order valence-corrected chi connectivity index (χ0v) is 19.4. The van der Waals surface area contributed by atoms with Crippen molar-refractivity contribution < 1.29 is 22.7 Å². The first kappa shape index (κ1) is 23.4. The quantitative estimate of drug-likeness (QED) is 0.585. The van der Waals surface area contributed by atoms with Gasteiger partial charge in [-0.2, -0.15) is 4.31 Å². The lowest BCUT2D eigenvalue weighted by molar-refractivity contribution is -0.127. The third-order valence-electron chi connectivity index (χ3n) is 4.86. The van der Waals surface area contributed by atoms with Crippen LogP contribution >= 0.6 is 23.2 Å². The van der Waals surface area contributed by atoms with E-state index >= 15 is 0 Å². The van der Waals surface area contributed by atoms with Crippen LogP contribution in [-0.2, 0) is 14.8 Å². The van der Waals surface area contributed by atoms with Crippen LogP contribution in [0.5, 0.6) is 11.5 Å². The molecular formula is C21H22Cl2N2O5S. The van der Waals surface area contributed by atoms with Crippen molar-refractivity contribution in [1.82, 2.24) is 9.21 Å². The van der Waals surface area contributed by atoms with E-state index in [1.807, 2.05) is 0 Å². The molecule has 0 spiro atoms. The van der Waals surface area contributed by atoms with Gasteiger partial charge in [0.1, 0.15) is 16.4 Å². The number of piperazine rings is 1. The van der Waals surface area contributed by atoms with E-state index in [1.165, 1.54) is 22.5 Å². The Morgan fingerprint density at radius 2 is 1.52 bits per heavy atom. The van der Waals surface area contributed by atoms with Crippen LogP contribution in [0.15, 0.2) is 47.4 Å². The van der Waals surface area contributed by atoms with Crippen molar-refractivity contribution in [2.45, 2.75) is 4.90 Å². The van der Waals surface area contributed by atoms with E-state index in [0.717, 1.165) is 5.56 Å². The van der Waals surface area contributed by atoms with E-state index in [0.29, 0.717) is 11.5 Å². The number of nitrogens with zero attached hydrogens (tertiary/aromatic N) is 2. The van der Waals surface area contributed by atoms with Gasteiger partial charge in [0.2, 0.25) is 15.9 Å². The highest BCUT2D eigenvalue weighted by atomic mass is 35.5. The summed E-state index contributed by atoms with van der Waals surface area (Å²) in [6.45, 7) is 0.810. The minimum atomic E-state index is -3.86. The van der Waals surface area contributed by atoms with Crippen LogP contribution in [0, 0.1) is 0 Å². The average molecular weight is 485 g/mol. The number of halogens is 2. The van der Waals surface area contributed by atoms with Gasteiger partial charge in [-0.15, -0.1) is 0 Å². The molecule has 1 aliphatic heterocycles. The number of methoxy groups -OCH3 is 2. The Kier molecular flexibility index (Phi) is 7.48. The predicted molar refractivity (Wildman–Crippen MR) is 120 cm³/mol. The average Bonchev–Trinajstić information content (AvgIpc) is 2.77. The summed E-state index contributed by atoms with van der Waals surface area (Å²) in [5, 5.41) is 0.144. The first-order valence-electron chi connectivity index (χ1n) is 9.40. The van der Waals surface area contributed by atoms with Gasteiger partial charge >= 0.3 is 0 Å². The van der Waals surface area contributed by atoms with Gasteiger partial charge in [0.15, 0.2) is 0 Å². The van der Waals surface area contributed by atoms with Crippen molar-refractivity contribution >= 4 is 45.2 Å². The van der Waals surface area contributed by atoms with Crippen molar-refractivity contribution in [2.75, 3.05) is 40.4 Å². The summed E-state index contributed by atoms with van der Waals surface area (Å²) in [6.07, 6.45) is 3.11. The highest BCUT2D eigenvalue weighted by Gasteiger charge is 2.32. The van der Waals surface area contributed by atoms with Crippen molar-refractivity contribution in [3.05, 3.63) is 58.1 Å². The molecule has 0 atom stereocenters. The summed E-state index contributed by atoms with van der Waals surface area (Å²) < 4.78 is 37.7. The number of benzene rings is 2. The fourth-order valence-electron chi connectivity index (χ4n) is 3.21. The van der Waals surface area contributed by atoms with E-state index in [4.69, 9.17) is 32.7 Å². The molecule has 0 saturated carbocycles. The minimum Gasteiger partial charge on any atom is -0.497 e. The van der Waals surface area contributed by atoms with Crippen molar-refractivity contribution in [3.63, 3.8) is 0 Å². The summed E-state index contributed by atoms with van der Waals surface area (Å²) >= 11 is 12.1. The van der Waals surface area contributed by atoms with Gasteiger partial charge in [0.25, 0.3) is 0 Å². The fraction of sp³-hybridized carbons (Fsp3) is 0.286. The molecule has 0 radical (unpaired) electrons. The Labute approximate surface area is 191 Å². The first-order chi connectivity index (χ1) is 14.8. The predicted octanol–water partition coefficient (Wildman–Crippen LogP) is 3.56. The molecular weight excluding hydrogens is 463 g/mol. The normalized spacial score (nSPS) is 15.3. The molecule has 0 aromatic heterocycles. The van der Waals surface area contributed by atoms with E-state index in [1.54, 1.807) is 49.5 Å². The molecule has 1 fully saturated rings. The molecule has 0 unspecified atom stereocenters. The zero-order valence-electron chi connectivity index (χ0n) is 17.0. The van der Waals surface area contributed by atoms with Crippen LogP contribution in [0.3, 0.4) is 0 Å². The summed E-state index contributed by atoms with van der Waals surface area (Å²) in [4.78, 5) is 14.1. The summed E-state index contributed by atoms with van der Waals surface area (Å²) in [7, 11) is -0.753. The van der Waals surface area contributed by atoms with Crippen molar-refractivity contribution in [2.24, 2.45) is 0 Å². The maximum atomic E-state index is 13.0. The Morgan fingerprint density at radius 3 is 2.03 bits per heavy atom. The second-order valence-electron chi connectivity index (χ2n) is 6.76. The lowest BCUT2D eigenvalue weighted by Crippen LogP contribution is -2.50. The Bertz CT molecular complexity index is 1050. The van der Waals surface area contributed by atoms with Crippen LogP contribution in [0.4, 0.5) is 0 Å². The number of sulfonamides is 1. The number of hydrogen-bond donors (Lipinski definition) is 0. The van der Waals surface area contributed by atoms with Crippen molar-refractivity contribution in [1.29, 1.82) is 0 Å². The van der Waals surface area contributed by atoms with E-state index in [9.17, 15) is 13.2 Å². The van der Waals surface area contributed by atoms with Gasteiger partial charge in [-0.1, -0.05) is 29.3 Å². The topological polar surface area (TPSA) is 76.2 Å². The SMILES string of the molecule is COc1cc(/C=C/C(=O)N2CCN(S(=O)(=O)c3c(Cl)cccc3Cl)CC2)cc(OC)c1. The largest absolute Gasteiger partial charge is 0.497 e. The van der Waals surface area contributed by atoms with Crippen LogP contribution in [0.25, 0.3) is 6.08 Å². The minimum absolute atomic E-state index is 0.0719. The molecule has 31 heavy (non-hydrogen) atoms. The number of hydrogen-bond acceptors (Lipinski definition) is 5. The molecule has 166 valence electrons. The van der Waals surface area contributed by atoms with Gasteiger partial charge in [0, 0.05) is 38.3 Å². The van der Waals surface area contributed by atoms with Gasteiger partial charge in [-0.3, -0.25) is 4.79 Å². The molecule has 3 rings (SSSR count). The zero-order chi connectivity index (χ0) is 22.6. The number of rotatable bonds is 6. The highest BCUT2D eigenvalue weighted by Crippen LogP contribution is 2.32. The third kappa shape index (κ3) is 5.33. The number of amides is 1. The Hall–Kier alpha value is -2.26. The summed E-state index contributed by atoms with van der Waals surface area (Å²) in [6, 6.07) is 9.86. The highest BCUT2D eigenvalue weighted by molar-refractivity contribution is 7.89. The van der Waals surface area contributed by atoms with E-state index in [2.05, 4.69) is 0 Å². The fourth-order valence-corrected chi connectivity index (χ4v) is 5.72. The molecule has 1 heterocycles. The monoisotopic (exact) mass is 484 g/mol. The first-order valence-corrected chi connectivity index (χ1v) is 11.6. The summed E-state index contributed by atoms with van der Waals surface area (Å²) in [5.74, 6) is 1.02. The molecule has 0 aliphatic carbocycles. The second-order valence-corrected chi connectivity index (χ2v) is 9.45. The molecule has 2 aromatic carbocycles. The van der Waals surface area contributed by atoms with Crippen molar-refractivity contribution in [3.8, 4) is 11.5 Å². The maximum absolute atomic E-state index is 13.0. The maximum Gasteiger partial charge on any atom is 0.246 e. The Morgan fingerprint density at radius 1 is 0.968 bits per heavy atom. The lowest BCUT2D eigenvalue weighted by Gasteiger charge is -2.33. The molecule has 10 heteroatoms. The van der Waals surface area contributed by atoms with Gasteiger partial charge < -0.3 is 14.4 Å². The van der Waals surface area contributed by atoms with E-state index in [-0.39, 0.29) is 47.0 Å². The van der Waals surface area contributed by atoms with Gasteiger partial charge in [-0.05, 0) is 35.9 Å². The molecule has 2 aromatic rings. The van der Waals surface area contributed by atoms with Gasteiger partial charge in [-0.25, -0.2) is 8.42 Å². The molecule has 0 N–H and O–H groups in total. The molecule has 1 aliphatic rings. The molecule has 1 saturated heterocycles. The summed E-state index contributed by atoms with van der Waals surface area (Å²) in [5.41, 5.74) is 0.749. The van der Waals surface area contributed by atoms with Crippen LogP contribution in [0.1, 0.15) is 5.56 Å². The van der Waals surface area contributed by atoms with Crippen LogP contribution in [-0.4, -0.2) is 63.9 Å². The van der Waals surface area contributed by atoms with E-state index < -0.39 is 10.0 Å². The number of ether oxygens (including phenoxy) is 2. The van der Waals surface area contributed by atoms with Crippen LogP contribution in [0.2, 0.25) is 10.0 Å². The number of carbonyl (C=O) groups is 1. The van der Waals surface area contributed by atoms with Gasteiger partial charge in [0.05, 0.1) is 24.3 Å². The molecule has 7 nitrogen and oxygen atoms in total. The lowest BCUT2D eigenvalue weighted by atomic mass is 10.2. The van der Waals surface area contributed by atoms with Crippen LogP contribution < -0.4 is 9.47 Å². The second kappa shape index (κ2) is 9.91. The molecule has 0 bridgehead atoms.